The van der Waals surface area contributed by atoms with E-state index in [1.165, 1.54) is 18.2 Å². The standard InChI is InChI=1S/C16H14N4O4/c1-2-24-13-7-6-11(9-12(13)20(22)23)16(21)18-14-10-19-8-4-3-5-15(19)17-14/h3-10H,2H2,1H3,(H,18,21). The summed E-state index contributed by atoms with van der Waals surface area (Å²) in [5.74, 6) is 0.0130. The minimum Gasteiger partial charge on any atom is -0.487 e. The van der Waals surface area contributed by atoms with Gasteiger partial charge in [-0.1, -0.05) is 6.07 Å². The Morgan fingerprint density at radius 1 is 1.38 bits per heavy atom. The predicted octanol–water partition coefficient (Wildman–Crippen LogP) is 2.89. The highest BCUT2D eigenvalue weighted by molar-refractivity contribution is 6.04. The average molecular weight is 326 g/mol. The lowest BCUT2D eigenvalue weighted by Gasteiger charge is -2.06. The Morgan fingerprint density at radius 3 is 2.92 bits per heavy atom. The van der Waals surface area contributed by atoms with Crippen LogP contribution in [0.25, 0.3) is 5.65 Å². The number of benzene rings is 1. The number of nitrogens with one attached hydrogen (secondary N) is 1. The van der Waals surface area contributed by atoms with Crippen LogP contribution in [0.15, 0.2) is 48.8 Å². The topological polar surface area (TPSA) is 98.8 Å². The quantitative estimate of drug-likeness (QED) is 0.574. The number of nitrogens with zero attached hydrogens (tertiary/aromatic N) is 3. The number of aromatic nitrogens is 2. The molecule has 2 aromatic heterocycles. The molecule has 1 aromatic carbocycles. The highest BCUT2D eigenvalue weighted by Gasteiger charge is 2.19. The molecule has 122 valence electrons. The lowest BCUT2D eigenvalue weighted by Crippen LogP contribution is -2.12. The maximum atomic E-state index is 12.3. The maximum Gasteiger partial charge on any atom is 0.311 e. The van der Waals surface area contributed by atoms with E-state index in [9.17, 15) is 14.9 Å². The van der Waals surface area contributed by atoms with Gasteiger partial charge in [0.05, 0.1) is 17.7 Å². The molecule has 1 N–H and O–H groups in total. The van der Waals surface area contributed by atoms with Crippen molar-refractivity contribution in [1.29, 1.82) is 0 Å². The highest BCUT2D eigenvalue weighted by Crippen LogP contribution is 2.28. The second kappa shape index (κ2) is 6.37. The van der Waals surface area contributed by atoms with E-state index in [1.54, 1.807) is 29.8 Å². The lowest BCUT2D eigenvalue weighted by molar-refractivity contribution is -0.385. The maximum absolute atomic E-state index is 12.3. The molecule has 3 rings (SSSR count). The van der Waals surface area contributed by atoms with Gasteiger partial charge in [0.2, 0.25) is 0 Å². The number of carbonyl (C=O) groups is 1. The number of fused-ring (bicyclic) bond motifs is 1. The van der Waals surface area contributed by atoms with Crippen molar-refractivity contribution in [2.45, 2.75) is 6.92 Å². The fraction of sp³-hybridized carbons (Fsp3) is 0.125. The molecule has 0 aliphatic rings. The third-order valence-corrected chi connectivity index (χ3v) is 3.32. The van der Waals surface area contributed by atoms with Gasteiger partial charge in [-0.3, -0.25) is 14.9 Å². The second-order valence-corrected chi connectivity index (χ2v) is 4.92. The molecule has 3 aromatic rings. The minimum atomic E-state index is -0.577. The Hall–Kier alpha value is -3.42. The zero-order valence-corrected chi connectivity index (χ0v) is 12.8. The third kappa shape index (κ3) is 3.02. The van der Waals surface area contributed by atoms with Gasteiger partial charge in [0.15, 0.2) is 11.6 Å². The van der Waals surface area contributed by atoms with Gasteiger partial charge in [0, 0.05) is 17.8 Å². The molecule has 0 aliphatic heterocycles. The van der Waals surface area contributed by atoms with Crippen LogP contribution in [0.3, 0.4) is 0 Å². The molecule has 0 saturated heterocycles. The van der Waals surface area contributed by atoms with E-state index in [1.807, 2.05) is 12.1 Å². The number of hydrogen-bond acceptors (Lipinski definition) is 5. The van der Waals surface area contributed by atoms with Crippen molar-refractivity contribution in [3.8, 4) is 5.75 Å². The number of hydrogen-bond donors (Lipinski definition) is 1. The Morgan fingerprint density at radius 2 is 2.21 bits per heavy atom. The molecule has 8 heteroatoms. The van der Waals surface area contributed by atoms with Gasteiger partial charge in [-0.2, -0.15) is 0 Å². The summed E-state index contributed by atoms with van der Waals surface area (Å²) < 4.78 is 6.96. The van der Waals surface area contributed by atoms with Gasteiger partial charge in [-0.25, -0.2) is 4.98 Å². The van der Waals surface area contributed by atoms with Crippen molar-refractivity contribution in [3.05, 3.63) is 64.5 Å². The summed E-state index contributed by atoms with van der Waals surface area (Å²) in [7, 11) is 0. The predicted molar refractivity (Wildman–Crippen MR) is 87.4 cm³/mol. The molecule has 1 amide bonds. The van der Waals surface area contributed by atoms with Crippen molar-refractivity contribution >= 4 is 23.1 Å². The van der Waals surface area contributed by atoms with E-state index in [4.69, 9.17) is 4.74 Å². The Kier molecular flexibility index (Phi) is 4.11. The van der Waals surface area contributed by atoms with Crippen LogP contribution in [-0.4, -0.2) is 26.8 Å². The molecule has 0 fully saturated rings. The van der Waals surface area contributed by atoms with Crippen molar-refractivity contribution < 1.29 is 14.5 Å². The third-order valence-electron chi connectivity index (χ3n) is 3.32. The van der Waals surface area contributed by atoms with E-state index < -0.39 is 10.8 Å². The van der Waals surface area contributed by atoms with E-state index in [0.29, 0.717) is 18.1 Å². The molecule has 24 heavy (non-hydrogen) atoms. The highest BCUT2D eigenvalue weighted by atomic mass is 16.6. The monoisotopic (exact) mass is 326 g/mol. The number of amides is 1. The first-order valence-electron chi connectivity index (χ1n) is 7.25. The van der Waals surface area contributed by atoms with Crippen LogP contribution in [0.1, 0.15) is 17.3 Å². The van der Waals surface area contributed by atoms with Gasteiger partial charge in [-0.05, 0) is 31.2 Å². The molecule has 0 bridgehead atoms. The number of pyridine rings is 1. The molecule has 0 unspecified atom stereocenters. The number of nitro groups is 1. The number of rotatable bonds is 5. The van der Waals surface area contributed by atoms with Gasteiger partial charge in [0.1, 0.15) is 5.65 Å². The summed E-state index contributed by atoms with van der Waals surface area (Å²) >= 11 is 0. The van der Waals surface area contributed by atoms with E-state index >= 15 is 0 Å². The smallest absolute Gasteiger partial charge is 0.311 e. The van der Waals surface area contributed by atoms with E-state index in [0.717, 1.165) is 0 Å². The SMILES string of the molecule is CCOc1ccc(C(=O)Nc2cn3ccccc3n2)cc1[N+](=O)[O-]. The molecule has 0 spiro atoms. The number of carbonyl (C=O) groups excluding carboxylic acids is 1. The van der Waals surface area contributed by atoms with E-state index in [-0.39, 0.29) is 17.0 Å². The molecular formula is C16H14N4O4. The number of imidazole rings is 1. The normalized spacial score (nSPS) is 10.5. The second-order valence-electron chi connectivity index (χ2n) is 4.92. The van der Waals surface area contributed by atoms with Crippen molar-refractivity contribution in [1.82, 2.24) is 9.38 Å². The molecular weight excluding hydrogens is 312 g/mol. The van der Waals surface area contributed by atoms with Crippen LogP contribution in [0, 0.1) is 10.1 Å². The fourth-order valence-electron chi connectivity index (χ4n) is 2.26. The first-order chi connectivity index (χ1) is 11.6. The van der Waals surface area contributed by atoms with Crippen LogP contribution in [-0.2, 0) is 0 Å². The number of ether oxygens (including phenoxy) is 1. The molecule has 0 saturated carbocycles. The van der Waals surface area contributed by atoms with Gasteiger partial charge >= 0.3 is 5.69 Å². The number of anilines is 1. The Bertz CT molecular complexity index is 886. The van der Waals surface area contributed by atoms with Crippen LogP contribution in [0.5, 0.6) is 5.75 Å². The lowest BCUT2D eigenvalue weighted by atomic mass is 10.1. The summed E-state index contributed by atoms with van der Waals surface area (Å²) in [6, 6.07) is 9.57. The largest absolute Gasteiger partial charge is 0.487 e. The van der Waals surface area contributed by atoms with Crippen molar-refractivity contribution in [2.24, 2.45) is 0 Å². The fourth-order valence-corrected chi connectivity index (χ4v) is 2.26. The molecule has 0 aliphatic carbocycles. The average Bonchev–Trinajstić information content (AvgIpc) is 2.97. The van der Waals surface area contributed by atoms with Gasteiger partial charge < -0.3 is 14.5 Å². The summed E-state index contributed by atoms with van der Waals surface area (Å²) in [5.41, 5.74) is 0.590. The summed E-state index contributed by atoms with van der Waals surface area (Å²) in [4.78, 5) is 27.1. The van der Waals surface area contributed by atoms with Crippen molar-refractivity contribution in [2.75, 3.05) is 11.9 Å². The number of nitro benzene ring substituents is 1. The zero-order chi connectivity index (χ0) is 17.1. The Labute approximate surface area is 136 Å². The van der Waals surface area contributed by atoms with Gasteiger partial charge in [-0.15, -0.1) is 0 Å². The molecule has 8 nitrogen and oxygen atoms in total. The zero-order valence-electron chi connectivity index (χ0n) is 12.8. The molecule has 2 heterocycles. The first kappa shape index (κ1) is 15.5. The molecule has 0 radical (unpaired) electrons. The minimum absolute atomic E-state index is 0.131. The first-order valence-corrected chi connectivity index (χ1v) is 7.25. The summed E-state index contributed by atoms with van der Waals surface area (Å²) in [6.45, 7) is 2.03. The molecule has 0 atom stereocenters. The van der Waals surface area contributed by atoms with Crippen LogP contribution < -0.4 is 10.1 Å². The van der Waals surface area contributed by atoms with Crippen molar-refractivity contribution in [3.63, 3.8) is 0 Å². The van der Waals surface area contributed by atoms with Gasteiger partial charge in [0.25, 0.3) is 5.91 Å². The van der Waals surface area contributed by atoms with Crippen LogP contribution in [0.2, 0.25) is 0 Å². The van der Waals surface area contributed by atoms with Crippen LogP contribution >= 0.6 is 0 Å². The van der Waals surface area contributed by atoms with E-state index in [2.05, 4.69) is 10.3 Å². The summed E-state index contributed by atoms with van der Waals surface area (Å²) in [5, 5.41) is 13.8. The van der Waals surface area contributed by atoms with Crippen LogP contribution in [0.4, 0.5) is 11.5 Å². The summed E-state index contributed by atoms with van der Waals surface area (Å²) in [6.07, 6.45) is 3.47. The Balaban J connectivity index is 1.86.